The quantitative estimate of drug-likeness (QED) is 0.425. The van der Waals surface area contributed by atoms with E-state index < -0.39 is 21.7 Å². The van der Waals surface area contributed by atoms with Crippen LogP contribution in [0.1, 0.15) is 52.9 Å². The summed E-state index contributed by atoms with van der Waals surface area (Å²) in [4.78, 5) is 11.0. The molecule has 0 unspecified atom stereocenters. The Morgan fingerprint density at radius 3 is 2.53 bits per heavy atom. The van der Waals surface area contributed by atoms with Crippen LogP contribution in [0.5, 0.6) is 5.75 Å². The molecule has 0 aliphatic heterocycles. The van der Waals surface area contributed by atoms with Crippen molar-refractivity contribution in [2.24, 2.45) is 0 Å². The number of unbranched alkanes of at least 4 members (excludes halogenated alkanes) is 2. The molecule has 2 rings (SSSR count). The number of carboxylic acid groups (broad SMARTS) is 1. The standard InChI is InChI=1S/C22H32N2O5S/c1-4-5-8-16-29-19-13-12-17-10-6-7-11-18(17)20(19)30(27,28)23-15-9-14-22(2,3)24-21(25)26/h6-7,10-13,23-24H,4-5,8-9,14-16H2,1-3H3,(H,25,26). The van der Waals surface area contributed by atoms with Crippen molar-refractivity contribution < 1.29 is 23.1 Å². The lowest BCUT2D eigenvalue weighted by Gasteiger charge is -2.24. The van der Waals surface area contributed by atoms with Crippen molar-refractivity contribution in [1.82, 2.24) is 10.0 Å². The van der Waals surface area contributed by atoms with E-state index in [2.05, 4.69) is 17.0 Å². The van der Waals surface area contributed by atoms with Crippen molar-refractivity contribution in [3.8, 4) is 5.75 Å². The first-order valence-corrected chi connectivity index (χ1v) is 11.8. The molecule has 7 nitrogen and oxygen atoms in total. The maximum atomic E-state index is 13.2. The van der Waals surface area contributed by atoms with Gasteiger partial charge in [0.15, 0.2) is 0 Å². The Labute approximate surface area is 178 Å². The molecule has 0 saturated heterocycles. The molecule has 0 bridgehead atoms. The largest absolute Gasteiger partial charge is 0.492 e. The lowest BCUT2D eigenvalue weighted by molar-refractivity contribution is 0.180. The average molecular weight is 437 g/mol. The number of fused-ring (bicyclic) bond motifs is 1. The maximum Gasteiger partial charge on any atom is 0.405 e. The third kappa shape index (κ3) is 6.88. The molecule has 0 aromatic heterocycles. The molecular formula is C22H32N2O5S. The highest BCUT2D eigenvalue weighted by molar-refractivity contribution is 7.89. The van der Waals surface area contributed by atoms with Crippen LogP contribution in [0.25, 0.3) is 10.8 Å². The Kier molecular flexibility index (Phi) is 8.49. The number of rotatable bonds is 12. The number of nitrogens with one attached hydrogen (secondary N) is 2. The van der Waals surface area contributed by atoms with Gasteiger partial charge in [-0.1, -0.05) is 50.1 Å². The van der Waals surface area contributed by atoms with Crippen molar-refractivity contribution in [1.29, 1.82) is 0 Å². The molecule has 8 heteroatoms. The molecule has 0 radical (unpaired) electrons. The number of carbonyl (C=O) groups is 1. The van der Waals surface area contributed by atoms with Gasteiger partial charge in [0.2, 0.25) is 10.0 Å². The molecule has 0 spiro atoms. The highest BCUT2D eigenvalue weighted by Crippen LogP contribution is 2.32. The summed E-state index contributed by atoms with van der Waals surface area (Å²) >= 11 is 0. The highest BCUT2D eigenvalue weighted by atomic mass is 32.2. The van der Waals surface area contributed by atoms with Crippen molar-refractivity contribution in [3.05, 3.63) is 36.4 Å². The molecule has 1 amide bonds. The molecule has 0 heterocycles. The minimum Gasteiger partial charge on any atom is -0.492 e. The van der Waals surface area contributed by atoms with E-state index in [4.69, 9.17) is 9.84 Å². The van der Waals surface area contributed by atoms with Crippen molar-refractivity contribution in [3.63, 3.8) is 0 Å². The van der Waals surface area contributed by atoms with Gasteiger partial charge in [0.1, 0.15) is 10.6 Å². The van der Waals surface area contributed by atoms with Crippen LogP contribution in [-0.2, 0) is 10.0 Å². The van der Waals surface area contributed by atoms with Gasteiger partial charge in [-0.3, -0.25) is 0 Å². The van der Waals surface area contributed by atoms with Gasteiger partial charge < -0.3 is 15.2 Å². The normalized spacial score (nSPS) is 12.1. The lowest BCUT2D eigenvalue weighted by Crippen LogP contribution is -2.43. The zero-order valence-corrected chi connectivity index (χ0v) is 18.7. The Morgan fingerprint density at radius 1 is 1.10 bits per heavy atom. The van der Waals surface area contributed by atoms with Gasteiger partial charge in [-0.2, -0.15) is 0 Å². The zero-order chi connectivity index (χ0) is 22.2. The van der Waals surface area contributed by atoms with Crippen molar-refractivity contribution in [2.45, 2.75) is 63.3 Å². The molecule has 0 atom stereocenters. The van der Waals surface area contributed by atoms with E-state index in [1.54, 1.807) is 26.0 Å². The van der Waals surface area contributed by atoms with Gasteiger partial charge in [0.25, 0.3) is 0 Å². The molecule has 30 heavy (non-hydrogen) atoms. The van der Waals surface area contributed by atoms with Crippen LogP contribution in [0, 0.1) is 0 Å². The molecular weight excluding hydrogens is 404 g/mol. The Hall–Kier alpha value is -2.32. The van der Waals surface area contributed by atoms with Crippen LogP contribution in [0.3, 0.4) is 0 Å². The number of benzene rings is 2. The lowest BCUT2D eigenvalue weighted by atomic mass is 9.99. The summed E-state index contributed by atoms with van der Waals surface area (Å²) < 4.78 is 34.8. The minimum atomic E-state index is -3.81. The van der Waals surface area contributed by atoms with Gasteiger partial charge in [-0.05, 0) is 44.6 Å². The number of sulfonamides is 1. The molecule has 2 aromatic rings. The van der Waals surface area contributed by atoms with Gasteiger partial charge in [0.05, 0.1) is 6.61 Å². The van der Waals surface area contributed by atoms with Gasteiger partial charge >= 0.3 is 6.09 Å². The van der Waals surface area contributed by atoms with E-state index >= 15 is 0 Å². The molecule has 0 aliphatic rings. The Bertz CT molecular complexity index is 957. The molecule has 0 saturated carbocycles. The number of amides is 1. The van der Waals surface area contributed by atoms with Crippen molar-refractivity contribution >= 4 is 26.9 Å². The fourth-order valence-corrected chi connectivity index (χ4v) is 4.73. The number of hydrogen-bond acceptors (Lipinski definition) is 4. The summed E-state index contributed by atoms with van der Waals surface area (Å²) in [6.45, 7) is 6.30. The molecule has 0 fully saturated rings. The van der Waals surface area contributed by atoms with E-state index in [0.29, 0.717) is 30.6 Å². The van der Waals surface area contributed by atoms with E-state index in [9.17, 15) is 13.2 Å². The third-order valence-electron chi connectivity index (χ3n) is 4.83. The Balaban J connectivity index is 2.17. The molecule has 2 aromatic carbocycles. The smallest absolute Gasteiger partial charge is 0.405 e. The summed E-state index contributed by atoms with van der Waals surface area (Å²) in [6, 6.07) is 10.9. The highest BCUT2D eigenvalue weighted by Gasteiger charge is 2.24. The maximum absolute atomic E-state index is 13.2. The first-order valence-electron chi connectivity index (χ1n) is 10.3. The summed E-state index contributed by atoms with van der Waals surface area (Å²) in [5, 5.41) is 12.8. The first-order chi connectivity index (χ1) is 14.2. The second kappa shape index (κ2) is 10.6. The van der Waals surface area contributed by atoms with E-state index in [-0.39, 0.29) is 11.4 Å². The van der Waals surface area contributed by atoms with Crippen LogP contribution in [0.15, 0.2) is 41.3 Å². The molecule has 166 valence electrons. The van der Waals surface area contributed by atoms with E-state index in [1.165, 1.54) is 0 Å². The first kappa shape index (κ1) is 24.0. The predicted molar refractivity (Wildman–Crippen MR) is 119 cm³/mol. The van der Waals surface area contributed by atoms with E-state index in [1.807, 2.05) is 24.3 Å². The van der Waals surface area contributed by atoms with Gasteiger partial charge in [0, 0.05) is 17.5 Å². The zero-order valence-electron chi connectivity index (χ0n) is 17.9. The van der Waals surface area contributed by atoms with Crippen LogP contribution >= 0.6 is 0 Å². The topological polar surface area (TPSA) is 105 Å². The summed E-state index contributed by atoms with van der Waals surface area (Å²) in [7, 11) is -3.81. The van der Waals surface area contributed by atoms with Crippen LogP contribution in [0.2, 0.25) is 0 Å². The van der Waals surface area contributed by atoms with Gasteiger partial charge in [-0.15, -0.1) is 0 Å². The van der Waals surface area contributed by atoms with Crippen LogP contribution < -0.4 is 14.8 Å². The monoisotopic (exact) mass is 436 g/mol. The fraction of sp³-hybridized carbons (Fsp3) is 0.500. The number of hydrogen-bond donors (Lipinski definition) is 3. The van der Waals surface area contributed by atoms with Crippen LogP contribution in [-0.4, -0.2) is 38.3 Å². The fourth-order valence-electron chi connectivity index (χ4n) is 3.31. The summed E-state index contributed by atoms with van der Waals surface area (Å²) in [6.07, 6.45) is 2.83. The predicted octanol–water partition coefficient (Wildman–Crippen LogP) is 4.51. The summed E-state index contributed by atoms with van der Waals surface area (Å²) in [5.74, 6) is 0.352. The molecule has 0 aliphatic carbocycles. The number of ether oxygens (including phenoxy) is 1. The summed E-state index contributed by atoms with van der Waals surface area (Å²) in [5.41, 5.74) is -0.635. The SMILES string of the molecule is CCCCCOc1ccc2ccccc2c1S(=O)(=O)NCCCC(C)(C)NC(=O)O. The van der Waals surface area contributed by atoms with Gasteiger partial charge in [-0.25, -0.2) is 17.9 Å². The second-order valence-corrected chi connectivity index (χ2v) is 9.69. The van der Waals surface area contributed by atoms with Crippen molar-refractivity contribution in [2.75, 3.05) is 13.2 Å². The van der Waals surface area contributed by atoms with E-state index in [0.717, 1.165) is 24.6 Å². The molecule has 3 N–H and O–H groups in total. The Morgan fingerprint density at radius 2 is 1.83 bits per heavy atom. The minimum absolute atomic E-state index is 0.153. The van der Waals surface area contributed by atoms with Crippen LogP contribution in [0.4, 0.5) is 4.79 Å². The second-order valence-electron chi connectivity index (χ2n) is 7.98. The average Bonchev–Trinajstić information content (AvgIpc) is 2.67. The third-order valence-corrected chi connectivity index (χ3v) is 6.38.